The second-order valence-corrected chi connectivity index (χ2v) is 7.96. The van der Waals surface area contributed by atoms with Crippen LogP contribution in [0.2, 0.25) is 0 Å². The Hall–Kier alpha value is -1.66. The summed E-state index contributed by atoms with van der Waals surface area (Å²) in [4.78, 5) is 12.3. The number of hydrogen-bond acceptors (Lipinski definition) is 5. The molecule has 2 aliphatic rings. The Kier molecular flexibility index (Phi) is 5.14. The standard InChI is InChI=1S/C20H32N6/c1-4-18-15-20(26-19(22-18)5-8-21-26)25-9-6-17(7-10-25)16(2)24-13-11-23(3)12-14-24/h5,8,15-17H,4,6-7,9-14H2,1-3H3/t16-/m0/s1. The van der Waals surface area contributed by atoms with E-state index in [9.17, 15) is 0 Å². The van der Waals surface area contributed by atoms with Gasteiger partial charge in [0.25, 0.3) is 0 Å². The van der Waals surface area contributed by atoms with Crippen molar-refractivity contribution in [3.05, 3.63) is 24.0 Å². The smallest absolute Gasteiger partial charge is 0.157 e. The minimum atomic E-state index is 0.694. The van der Waals surface area contributed by atoms with Crippen molar-refractivity contribution in [2.45, 2.75) is 39.2 Å². The first-order chi connectivity index (χ1) is 12.7. The number of fused-ring (bicyclic) bond motifs is 1. The van der Waals surface area contributed by atoms with E-state index in [1.54, 1.807) is 0 Å². The van der Waals surface area contributed by atoms with Crippen LogP contribution in [-0.2, 0) is 6.42 Å². The van der Waals surface area contributed by atoms with Gasteiger partial charge < -0.3 is 9.80 Å². The van der Waals surface area contributed by atoms with Crippen LogP contribution < -0.4 is 4.90 Å². The molecule has 0 radical (unpaired) electrons. The summed E-state index contributed by atoms with van der Waals surface area (Å²) in [5, 5.41) is 4.50. The van der Waals surface area contributed by atoms with Crippen molar-refractivity contribution in [1.29, 1.82) is 0 Å². The molecule has 1 atom stereocenters. The average Bonchev–Trinajstić information content (AvgIpc) is 3.16. The average molecular weight is 357 g/mol. The number of aryl methyl sites for hydroxylation is 1. The summed E-state index contributed by atoms with van der Waals surface area (Å²) in [7, 11) is 2.23. The van der Waals surface area contributed by atoms with Gasteiger partial charge in [0.05, 0.1) is 6.20 Å². The van der Waals surface area contributed by atoms with Gasteiger partial charge in [0, 0.05) is 63.1 Å². The Morgan fingerprint density at radius 3 is 2.54 bits per heavy atom. The van der Waals surface area contributed by atoms with Gasteiger partial charge in [-0.3, -0.25) is 4.90 Å². The maximum atomic E-state index is 4.68. The molecule has 0 unspecified atom stereocenters. The first kappa shape index (κ1) is 17.7. The first-order valence-electron chi connectivity index (χ1n) is 10.2. The van der Waals surface area contributed by atoms with Gasteiger partial charge in [0.2, 0.25) is 0 Å². The van der Waals surface area contributed by atoms with E-state index in [2.05, 4.69) is 51.7 Å². The highest BCUT2D eigenvalue weighted by molar-refractivity contribution is 5.51. The fraction of sp³-hybridized carbons (Fsp3) is 0.700. The second-order valence-electron chi connectivity index (χ2n) is 7.96. The molecule has 2 aliphatic heterocycles. The molecule has 26 heavy (non-hydrogen) atoms. The van der Waals surface area contributed by atoms with Crippen LogP contribution in [0.4, 0.5) is 5.82 Å². The van der Waals surface area contributed by atoms with Gasteiger partial charge in [0.15, 0.2) is 5.65 Å². The molecule has 0 spiro atoms. The third-order valence-corrected chi connectivity index (χ3v) is 6.42. The molecule has 0 aliphatic carbocycles. The molecule has 6 nitrogen and oxygen atoms in total. The zero-order chi connectivity index (χ0) is 18.1. The third-order valence-electron chi connectivity index (χ3n) is 6.42. The lowest BCUT2D eigenvalue weighted by Gasteiger charge is -2.43. The molecule has 0 saturated carbocycles. The fourth-order valence-electron chi connectivity index (χ4n) is 4.49. The third kappa shape index (κ3) is 3.45. The lowest BCUT2D eigenvalue weighted by atomic mass is 9.89. The molecular weight excluding hydrogens is 324 g/mol. The summed E-state index contributed by atoms with van der Waals surface area (Å²) in [6, 6.07) is 4.92. The number of aromatic nitrogens is 3. The predicted molar refractivity (Wildman–Crippen MR) is 106 cm³/mol. The lowest BCUT2D eigenvalue weighted by molar-refractivity contribution is 0.0813. The highest BCUT2D eigenvalue weighted by Crippen LogP contribution is 2.28. The number of nitrogens with zero attached hydrogens (tertiary/aromatic N) is 6. The van der Waals surface area contributed by atoms with Crippen LogP contribution in [0.25, 0.3) is 5.65 Å². The highest BCUT2D eigenvalue weighted by Gasteiger charge is 2.30. The normalized spacial score (nSPS) is 22.2. The van der Waals surface area contributed by atoms with Crippen LogP contribution in [0, 0.1) is 5.92 Å². The van der Waals surface area contributed by atoms with Gasteiger partial charge in [-0.25, -0.2) is 4.98 Å². The van der Waals surface area contributed by atoms with Crippen molar-refractivity contribution in [1.82, 2.24) is 24.4 Å². The van der Waals surface area contributed by atoms with Crippen molar-refractivity contribution >= 4 is 11.5 Å². The van der Waals surface area contributed by atoms with E-state index in [0.717, 1.165) is 36.8 Å². The SMILES string of the molecule is CCc1cc(N2CCC([C@H](C)N3CCN(C)CC3)CC2)n2nccc2n1. The summed E-state index contributed by atoms with van der Waals surface area (Å²) in [6.07, 6.45) is 5.35. The molecule has 6 heteroatoms. The first-order valence-corrected chi connectivity index (χ1v) is 10.2. The molecule has 2 fully saturated rings. The maximum absolute atomic E-state index is 4.68. The van der Waals surface area contributed by atoms with Gasteiger partial charge in [-0.05, 0) is 39.2 Å². The van der Waals surface area contributed by atoms with Crippen LogP contribution in [0.3, 0.4) is 0 Å². The summed E-state index contributed by atoms with van der Waals surface area (Å²) in [5.74, 6) is 2.01. The Bertz CT molecular complexity index is 725. The van der Waals surface area contributed by atoms with Crippen LogP contribution in [0.5, 0.6) is 0 Å². The van der Waals surface area contributed by atoms with Crippen LogP contribution in [-0.4, -0.2) is 76.8 Å². The predicted octanol–water partition coefficient (Wildman–Crippen LogP) is 2.14. The van der Waals surface area contributed by atoms with E-state index >= 15 is 0 Å². The van der Waals surface area contributed by atoms with E-state index in [-0.39, 0.29) is 0 Å². The van der Waals surface area contributed by atoms with E-state index in [4.69, 9.17) is 0 Å². The summed E-state index contributed by atoms with van der Waals surface area (Å²) in [5.41, 5.74) is 2.12. The molecule has 2 aromatic rings. The van der Waals surface area contributed by atoms with Crippen molar-refractivity contribution in [2.75, 3.05) is 51.2 Å². The van der Waals surface area contributed by atoms with Crippen molar-refractivity contribution in [2.24, 2.45) is 5.92 Å². The Morgan fingerprint density at radius 1 is 1.12 bits per heavy atom. The number of piperazine rings is 1. The van der Waals surface area contributed by atoms with E-state index in [0.29, 0.717) is 6.04 Å². The fourth-order valence-corrected chi connectivity index (χ4v) is 4.49. The second kappa shape index (κ2) is 7.53. The molecule has 4 rings (SSSR count). The molecule has 142 valence electrons. The molecule has 2 saturated heterocycles. The van der Waals surface area contributed by atoms with Crippen molar-refractivity contribution in [3.63, 3.8) is 0 Å². The summed E-state index contributed by atoms with van der Waals surface area (Å²) >= 11 is 0. The number of piperidine rings is 1. The van der Waals surface area contributed by atoms with Gasteiger partial charge >= 0.3 is 0 Å². The van der Waals surface area contributed by atoms with Crippen LogP contribution in [0.1, 0.15) is 32.4 Å². The lowest BCUT2D eigenvalue weighted by Crippen LogP contribution is -2.51. The Morgan fingerprint density at radius 2 is 1.85 bits per heavy atom. The molecule has 2 aromatic heterocycles. The van der Waals surface area contributed by atoms with Gasteiger partial charge in [-0.2, -0.15) is 9.61 Å². The van der Waals surface area contributed by atoms with Gasteiger partial charge in [-0.1, -0.05) is 6.92 Å². The summed E-state index contributed by atoms with van der Waals surface area (Å²) in [6.45, 7) is 11.7. The molecule has 0 N–H and O–H groups in total. The number of rotatable bonds is 4. The molecule has 4 heterocycles. The van der Waals surface area contributed by atoms with Crippen LogP contribution in [0.15, 0.2) is 18.3 Å². The quantitative estimate of drug-likeness (QED) is 0.839. The number of anilines is 1. The maximum Gasteiger partial charge on any atom is 0.157 e. The number of hydrogen-bond donors (Lipinski definition) is 0. The highest BCUT2D eigenvalue weighted by atomic mass is 15.3. The van der Waals surface area contributed by atoms with E-state index in [1.807, 2.05) is 16.8 Å². The minimum Gasteiger partial charge on any atom is -0.356 e. The number of likely N-dealkylation sites (N-methyl/N-ethyl adjacent to an activating group) is 1. The Balaban J connectivity index is 1.43. The Labute approximate surface area is 156 Å². The summed E-state index contributed by atoms with van der Waals surface area (Å²) < 4.78 is 2.00. The molecular formula is C20H32N6. The zero-order valence-electron chi connectivity index (χ0n) is 16.4. The van der Waals surface area contributed by atoms with E-state index < -0.39 is 0 Å². The monoisotopic (exact) mass is 356 g/mol. The van der Waals surface area contributed by atoms with E-state index in [1.165, 1.54) is 44.8 Å². The molecule has 0 aromatic carbocycles. The van der Waals surface area contributed by atoms with Crippen molar-refractivity contribution < 1.29 is 0 Å². The minimum absolute atomic E-state index is 0.694. The topological polar surface area (TPSA) is 39.9 Å². The van der Waals surface area contributed by atoms with Gasteiger partial charge in [0.1, 0.15) is 5.82 Å². The largest absolute Gasteiger partial charge is 0.356 e. The zero-order valence-corrected chi connectivity index (χ0v) is 16.4. The molecule has 0 amide bonds. The van der Waals surface area contributed by atoms with Crippen LogP contribution >= 0.6 is 0 Å². The van der Waals surface area contributed by atoms with Gasteiger partial charge in [-0.15, -0.1) is 0 Å². The molecule has 0 bridgehead atoms. The van der Waals surface area contributed by atoms with Crippen molar-refractivity contribution in [3.8, 4) is 0 Å².